The van der Waals surface area contributed by atoms with Crippen molar-refractivity contribution in [2.24, 2.45) is 0 Å². The van der Waals surface area contributed by atoms with E-state index in [2.05, 4.69) is 15.9 Å². The van der Waals surface area contributed by atoms with Gasteiger partial charge in [0.15, 0.2) is 0 Å². The molecule has 1 unspecified atom stereocenters. The van der Waals surface area contributed by atoms with Crippen LogP contribution in [0.3, 0.4) is 0 Å². The van der Waals surface area contributed by atoms with Crippen molar-refractivity contribution in [3.63, 3.8) is 0 Å². The van der Waals surface area contributed by atoms with Crippen LogP contribution in [0.2, 0.25) is 0 Å². The maximum Gasteiger partial charge on any atom is 0.253 e. The van der Waals surface area contributed by atoms with Gasteiger partial charge in [0, 0.05) is 24.2 Å². The summed E-state index contributed by atoms with van der Waals surface area (Å²) in [6, 6.07) is 5.69. The minimum absolute atomic E-state index is 0.0187. The second-order valence-corrected chi connectivity index (χ2v) is 5.04. The van der Waals surface area contributed by atoms with Gasteiger partial charge in [0.25, 0.3) is 5.91 Å². The first-order valence-corrected chi connectivity index (χ1v) is 6.29. The largest absolute Gasteiger partial charge is 0.383 e. The molecule has 3 nitrogen and oxygen atoms in total. The number of rotatable bonds is 4. The van der Waals surface area contributed by atoms with Gasteiger partial charge in [0.1, 0.15) is 0 Å². The Morgan fingerprint density at radius 3 is 2.71 bits per heavy atom. The van der Waals surface area contributed by atoms with Crippen molar-refractivity contribution in [3.8, 4) is 0 Å². The number of hydrogen-bond acceptors (Lipinski definition) is 2. The molecule has 0 saturated heterocycles. The highest BCUT2D eigenvalue weighted by Gasteiger charge is 2.17. The molecule has 1 rings (SSSR count). The van der Waals surface area contributed by atoms with E-state index in [4.69, 9.17) is 4.74 Å². The summed E-state index contributed by atoms with van der Waals surface area (Å²) in [5.74, 6) is 0.0187. The molecule has 1 aromatic rings. The van der Waals surface area contributed by atoms with Gasteiger partial charge in [-0.05, 0) is 37.6 Å². The van der Waals surface area contributed by atoms with Crippen LogP contribution in [0, 0.1) is 6.92 Å². The minimum Gasteiger partial charge on any atom is -0.383 e. The summed E-state index contributed by atoms with van der Waals surface area (Å²) in [5, 5.41) is 0. The fourth-order valence-corrected chi connectivity index (χ4v) is 1.78. The molecule has 0 aliphatic heterocycles. The molecule has 1 amide bonds. The van der Waals surface area contributed by atoms with Gasteiger partial charge in [-0.25, -0.2) is 0 Å². The Labute approximate surface area is 111 Å². The van der Waals surface area contributed by atoms with E-state index in [9.17, 15) is 4.79 Å². The van der Waals surface area contributed by atoms with Crippen LogP contribution >= 0.6 is 15.9 Å². The summed E-state index contributed by atoms with van der Waals surface area (Å²) in [7, 11) is 3.43. The second-order valence-electron chi connectivity index (χ2n) is 4.18. The quantitative estimate of drug-likeness (QED) is 0.855. The summed E-state index contributed by atoms with van der Waals surface area (Å²) < 4.78 is 6.07. The van der Waals surface area contributed by atoms with Gasteiger partial charge in [-0.3, -0.25) is 4.79 Å². The Morgan fingerprint density at radius 1 is 1.53 bits per heavy atom. The van der Waals surface area contributed by atoms with Crippen LogP contribution in [0.4, 0.5) is 0 Å². The van der Waals surface area contributed by atoms with E-state index in [1.54, 1.807) is 19.1 Å². The zero-order valence-electron chi connectivity index (χ0n) is 10.7. The smallest absolute Gasteiger partial charge is 0.253 e. The number of benzene rings is 1. The molecule has 17 heavy (non-hydrogen) atoms. The topological polar surface area (TPSA) is 29.5 Å². The minimum atomic E-state index is 0.0187. The highest BCUT2D eigenvalue weighted by Crippen LogP contribution is 2.18. The van der Waals surface area contributed by atoms with E-state index in [1.807, 2.05) is 32.0 Å². The molecule has 0 heterocycles. The van der Waals surface area contributed by atoms with E-state index in [1.165, 1.54) is 0 Å². The van der Waals surface area contributed by atoms with Gasteiger partial charge in [0.05, 0.1) is 12.6 Å². The number of amides is 1. The van der Waals surface area contributed by atoms with Crippen molar-refractivity contribution in [2.75, 3.05) is 20.8 Å². The lowest BCUT2D eigenvalue weighted by molar-refractivity contribution is 0.0633. The number of aryl methyl sites for hydroxylation is 1. The normalized spacial score (nSPS) is 12.3. The monoisotopic (exact) mass is 299 g/mol. The molecular weight excluding hydrogens is 282 g/mol. The van der Waals surface area contributed by atoms with Gasteiger partial charge in [-0.1, -0.05) is 15.9 Å². The number of halogens is 1. The zero-order chi connectivity index (χ0) is 13.0. The average Bonchev–Trinajstić information content (AvgIpc) is 2.31. The Kier molecular flexibility index (Phi) is 5.15. The summed E-state index contributed by atoms with van der Waals surface area (Å²) >= 11 is 3.42. The summed E-state index contributed by atoms with van der Waals surface area (Å²) in [4.78, 5) is 13.9. The van der Waals surface area contributed by atoms with Crippen molar-refractivity contribution in [2.45, 2.75) is 19.9 Å². The molecule has 0 N–H and O–H groups in total. The fraction of sp³-hybridized carbons (Fsp3) is 0.462. The predicted molar refractivity (Wildman–Crippen MR) is 72.3 cm³/mol. The molecule has 94 valence electrons. The van der Waals surface area contributed by atoms with E-state index < -0.39 is 0 Å². The second kappa shape index (κ2) is 6.17. The van der Waals surface area contributed by atoms with Crippen molar-refractivity contribution in [3.05, 3.63) is 33.8 Å². The van der Waals surface area contributed by atoms with E-state index in [0.717, 1.165) is 10.0 Å². The first-order valence-electron chi connectivity index (χ1n) is 5.49. The van der Waals surface area contributed by atoms with Crippen molar-refractivity contribution >= 4 is 21.8 Å². The maximum absolute atomic E-state index is 12.2. The van der Waals surface area contributed by atoms with Crippen LogP contribution in [0.15, 0.2) is 22.7 Å². The third-order valence-corrected chi connectivity index (χ3v) is 3.68. The first-order chi connectivity index (χ1) is 7.97. The molecule has 0 fully saturated rings. The third-order valence-electron chi connectivity index (χ3n) is 2.79. The standard InChI is InChI=1S/C13H18BrNO2/c1-9-7-11(5-6-12(9)14)13(16)15(3)10(2)8-17-4/h5-7,10H,8H2,1-4H3. The Morgan fingerprint density at radius 2 is 2.18 bits per heavy atom. The predicted octanol–water partition coefficient (Wildman–Crippen LogP) is 2.86. The Bertz CT molecular complexity index is 406. The van der Waals surface area contributed by atoms with Crippen LogP contribution in [-0.4, -0.2) is 37.6 Å². The van der Waals surface area contributed by atoms with Crippen LogP contribution in [-0.2, 0) is 4.74 Å². The van der Waals surface area contributed by atoms with Crippen LogP contribution < -0.4 is 0 Å². The van der Waals surface area contributed by atoms with Crippen LogP contribution in [0.25, 0.3) is 0 Å². The molecule has 0 aliphatic rings. The number of nitrogens with zero attached hydrogens (tertiary/aromatic N) is 1. The van der Waals surface area contributed by atoms with Gasteiger partial charge in [0.2, 0.25) is 0 Å². The van der Waals surface area contributed by atoms with Crippen molar-refractivity contribution in [1.29, 1.82) is 0 Å². The number of hydrogen-bond donors (Lipinski definition) is 0. The third kappa shape index (κ3) is 3.54. The number of likely N-dealkylation sites (N-methyl/N-ethyl adjacent to an activating group) is 1. The van der Waals surface area contributed by atoms with Crippen LogP contribution in [0.5, 0.6) is 0 Å². The van der Waals surface area contributed by atoms with Crippen molar-refractivity contribution < 1.29 is 9.53 Å². The highest BCUT2D eigenvalue weighted by molar-refractivity contribution is 9.10. The molecule has 1 aromatic carbocycles. The average molecular weight is 300 g/mol. The molecule has 0 aliphatic carbocycles. The van der Waals surface area contributed by atoms with E-state index in [0.29, 0.717) is 12.2 Å². The molecule has 0 radical (unpaired) electrons. The molecule has 0 saturated carbocycles. The van der Waals surface area contributed by atoms with E-state index in [-0.39, 0.29) is 11.9 Å². The lowest BCUT2D eigenvalue weighted by atomic mass is 10.1. The number of carbonyl (C=O) groups excluding carboxylic acids is 1. The van der Waals surface area contributed by atoms with Gasteiger partial charge in [-0.2, -0.15) is 0 Å². The molecule has 1 atom stereocenters. The highest BCUT2D eigenvalue weighted by atomic mass is 79.9. The van der Waals surface area contributed by atoms with Crippen LogP contribution in [0.1, 0.15) is 22.8 Å². The van der Waals surface area contributed by atoms with Crippen molar-refractivity contribution in [1.82, 2.24) is 4.90 Å². The fourth-order valence-electron chi connectivity index (χ4n) is 1.53. The van der Waals surface area contributed by atoms with E-state index >= 15 is 0 Å². The first kappa shape index (κ1) is 14.2. The molecule has 0 spiro atoms. The van der Waals surface area contributed by atoms with Gasteiger partial charge in [-0.15, -0.1) is 0 Å². The number of methoxy groups -OCH3 is 1. The molecular formula is C13H18BrNO2. The molecule has 0 bridgehead atoms. The summed E-state index contributed by atoms with van der Waals surface area (Å²) in [6.45, 7) is 4.48. The molecule has 4 heteroatoms. The Balaban J connectivity index is 2.85. The Hall–Kier alpha value is -0.870. The lowest BCUT2D eigenvalue weighted by Crippen LogP contribution is -2.37. The lowest BCUT2D eigenvalue weighted by Gasteiger charge is -2.24. The SMILES string of the molecule is COCC(C)N(C)C(=O)c1ccc(Br)c(C)c1. The van der Waals surface area contributed by atoms with Gasteiger partial charge >= 0.3 is 0 Å². The van der Waals surface area contributed by atoms with Gasteiger partial charge < -0.3 is 9.64 Å². The maximum atomic E-state index is 12.2. The molecule has 0 aromatic heterocycles. The summed E-state index contributed by atoms with van der Waals surface area (Å²) in [5.41, 5.74) is 1.76. The zero-order valence-corrected chi connectivity index (χ0v) is 12.2. The number of carbonyl (C=O) groups is 1. The summed E-state index contributed by atoms with van der Waals surface area (Å²) in [6.07, 6.45) is 0. The number of ether oxygens (including phenoxy) is 1.